The van der Waals surface area contributed by atoms with Gasteiger partial charge in [-0.15, -0.1) is 0 Å². The van der Waals surface area contributed by atoms with E-state index in [-0.39, 0.29) is 11.8 Å². The van der Waals surface area contributed by atoms with E-state index in [1.165, 1.54) is 0 Å². The summed E-state index contributed by atoms with van der Waals surface area (Å²) in [5.41, 5.74) is 3.78. The predicted octanol–water partition coefficient (Wildman–Crippen LogP) is 4.15. The van der Waals surface area contributed by atoms with Crippen molar-refractivity contribution in [3.8, 4) is 0 Å². The number of pyridine rings is 1. The summed E-state index contributed by atoms with van der Waals surface area (Å²) in [7, 11) is 0. The Labute approximate surface area is 179 Å². The third kappa shape index (κ3) is 6.13. The number of para-hydroxylation sites is 1. The van der Waals surface area contributed by atoms with Crippen molar-refractivity contribution in [2.45, 2.75) is 52.5 Å². The maximum absolute atomic E-state index is 12.7. The highest BCUT2D eigenvalue weighted by Gasteiger charge is 2.19. The van der Waals surface area contributed by atoms with Gasteiger partial charge in [0, 0.05) is 31.9 Å². The Kier molecular flexibility index (Phi) is 7.97. The number of aryl methyl sites for hydroxylation is 1. The van der Waals surface area contributed by atoms with Gasteiger partial charge in [-0.05, 0) is 49.6 Å². The van der Waals surface area contributed by atoms with Gasteiger partial charge >= 0.3 is 0 Å². The third-order valence-corrected chi connectivity index (χ3v) is 5.59. The molecule has 30 heavy (non-hydrogen) atoms. The van der Waals surface area contributed by atoms with Crippen LogP contribution in [0, 0.1) is 6.92 Å². The summed E-state index contributed by atoms with van der Waals surface area (Å²) in [6.07, 6.45) is 8.90. The third-order valence-electron chi connectivity index (χ3n) is 5.59. The maximum Gasteiger partial charge on any atom is 0.238 e. The van der Waals surface area contributed by atoms with Crippen molar-refractivity contribution in [2.75, 3.05) is 29.9 Å². The van der Waals surface area contributed by atoms with E-state index < -0.39 is 0 Å². The molecule has 0 atom stereocenters. The normalized spacial score (nSPS) is 16.1. The fraction of sp³-hybridized carbons (Fsp3) is 0.458. The lowest BCUT2D eigenvalue weighted by molar-refractivity contribution is -0.118. The van der Waals surface area contributed by atoms with Crippen LogP contribution < -0.4 is 10.2 Å². The van der Waals surface area contributed by atoms with E-state index in [4.69, 9.17) is 0 Å². The minimum absolute atomic E-state index is 0.0425. The Morgan fingerprint density at radius 3 is 2.53 bits per heavy atom. The number of hydrogen-bond donors (Lipinski definition) is 1. The first-order valence-electron chi connectivity index (χ1n) is 10.8. The number of anilines is 2. The summed E-state index contributed by atoms with van der Waals surface area (Å²) in [6, 6.07) is 9.94. The minimum atomic E-state index is -0.0425. The second-order valence-electron chi connectivity index (χ2n) is 8.02. The summed E-state index contributed by atoms with van der Waals surface area (Å²) in [6.45, 7) is 6.13. The van der Waals surface area contributed by atoms with Crippen molar-refractivity contribution in [2.24, 2.45) is 0 Å². The Balaban J connectivity index is 1.78. The first-order chi connectivity index (χ1) is 14.5. The topological polar surface area (TPSA) is 65.5 Å². The average molecular weight is 409 g/mol. The molecule has 2 amide bonds. The standard InChI is InChI=1S/C24H32N4O2/c1-19-12-13-25-16-22(19)26-24(30)18-27-14-8-4-3-5-9-15-28(20(2)29)23-11-7-6-10-21(23)17-27/h6-7,10-13,16H,3-5,8-9,14-15,17-18H2,1-2H3,(H,26,30). The van der Waals surface area contributed by atoms with Gasteiger partial charge < -0.3 is 10.2 Å². The highest BCUT2D eigenvalue weighted by atomic mass is 16.2. The summed E-state index contributed by atoms with van der Waals surface area (Å²) in [4.78, 5) is 33.2. The average Bonchev–Trinajstić information content (AvgIpc) is 2.71. The molecule has 1 aliphatic rings. The monoisotopic (exact) mass is 408 g/mol. The van der Waals surface area contributed by atoms with E-state index >= 15 is 0 Å². The van der Waals surface area contributed by atoms with E-state index in [1.807, 2.05) is 36.1 Å². The molecule has 0 saturated carbocycles. The summed E-state index contributed by atoms with van der Waals surface area (Å²) < 4.78 is 0. The highest BCUT2D eigenvalue weighted by molar-refractivity contribution is 5.93. The maximum atomic E-state index is 12.7. The van der Waals surface area contributed by atoms with Gasteiger partial charge in [0.15, 0.2) is 0 Å². The molecule has 0 spiro atoms. The number of nitrogens with one attached hydrogen (secondary N) is 1. The lowest BCUT2D eigenvalue weighted by atomic mass is 10.1. The van der Waals surface area contributed by atoms with Crippen LogP contribution in [-0.2, 0) is 16.1 Å². The van der Waals surface area contributed by atoms with Gasteiger partial charge in [-0.1, -0.05) is 37.5 Å². The van der Waals surface area contributed by atoms with Crippen molar-refractivity contribution >= 4 is 23.2 Å². The molecule has 6 nitrogen and oxygen atoms in total. The number of hydrogen-bond acceptors (Lipinski definition) is 4. The first kappa shape index (κ1) is 22.0. The molecule has 1 N–H and O–H groups in total. The predicted molar refractivity (Wildman–Crippen MR) is 120 cm³/mol. The summed E-state index contributed by atoms with van der Waals surface area (Å²) >= 11 is 0. The van der Waals surface area contributed by atoms with E-state index in [0.717, 1.165) is 67.7 Å². The molecular weight excluding hydrogens is 376 g/mol. The molecule has 1 aromatic carbocycles. The summed E-state index contributed by atoms with van der Waals surface area (Å²) in [5, 5.41) is 2.99. The number of nitrogens with zero attached hydrogens (tertiary/aromatic N) is 3. The van der Waals surface area contributed by atoms with E-state index in [9.17, 15) is 9.59 Å². The Hall–Kier alpha value is -2.73. The number of amides is 2. The fourth-order valence-electron chi connectivity index (χ4n) is 3.93. The molecule has 2 heterocycles. The van der Waals surface area contributed by atoms with Gasteiger partial charge in [-0.25, -0.2) is 0 Å². The van der Waals surface area contributed by atoms with Crippen LogP contribution >= 0.6 is 0 Å². The van der Waals surface area contributed by atoms with E-state index in [1.54, 1.807) is 19.3 Å². The molecule has 0 radical (unpaired) electrons. The van der Waals surface area contributed by atoms with Gasteiger partial charge in [0.25, 0.3) is 0 Å². The van der Waals surface area contributed by atoms with E-state index in [0.29, 0.717) is 13.1 Å². The van der Waals surface area contributed by atoms with Crippen molar-refractivity contribution in [1.82, 2.24) is 9.88 Å². The molecule has 0 fully saturated rings. The van der Waals surface area contributed by atoms with Crippen LogP contribution in [0.15, 0.2) is 42.7 Å². The molecule has 0 bridgehead atoms. The Morgan fingerprint density at radius 2 is 1.77 bits per heavy atom. The number of benzene rings is 1. The molecular formula is C24H32N4O2. The SMILES string of the molecule is CC(=O)N1CCCCCCCN(CC(=O)Nc2cnccc2C)Cc2ccccc21. The second-order valence-corrected chi connectivity index (χ2v) is 8.02. The van der Waals surface area contributed by atoms with Gasteiger partial charge in [0.05, 0.1) is 18.4 Å². The smallest absolute Gasteiger partial charge is 0.238 e. The van der Waals surface area contributed by atoms with Crippen LogP contribution in [0.2, 0.25) is 0 Å². The zero-order valence-electron chi connectivity index (χ0n) is 18.1. The Bertz CT molecular complexity index is 868. The van der Waals surface area contributed by atoms with Crippen molar-refractivity contribution in [3.05, 3.63) is 53.9 Å². The van der Waals surface area contributed by atoms with Crippen LogP contribution in [0.1, 0.15) is 50.2 Å². The van der Waals surface area contributed by atoms with Crippen molar-refractivity contribution < 1.29 is 9.59 Å². The number of carbonyl (C=O) groups is 2. The lowest BCUT2D eigenvalue weighted by Crippen LogP contribution is -2.35. The van der Waals surface area contributed by atoms with Crippen LogP contribution in [0.4, 0.5) is 11.4 Å². The fourth-order valence-corrected chi connectivity index (χ4v) is 3.93. The molecule has 160 valence electrons. The largest absolute Gasteiger partial charge is 0.323 e. The molecule has 0 aliphatic carbocycles. The van der Waals surface area contributed by atoms with Crippen molar-refractivity contribution in [1.29, 1.82) is 0 Å². The molecule has 3 rings (SSSR count). The van der Waals surface area contributed by atoms with Gasteiger partial charge in [-0.2, -0.15) is 0 Å². The number of carbonyl (C=O) groups excluding carboxylic acids is 2. The summed E-state index contributed by atoms with van der Waals surface area (Å²) in [5.74, 6) is 0.0231. The van der Waals surface area contributed by atoms with Gasteiger partial charge in [0.1, 0.15) is 0 Å². The van der Waals surface area contributed by atoms with Crippen LogP contribution in [0.25, 0.3) is 0 Å². The van der Waals surface area contributed by atoms with Crippen LogP contribution in [0.5, 0.6) is 0 Å². The Morgan fingerprint density at radius 1 is 1.03 bits per heavy atom. The number of aromatic nitrogens is 1. The van der Waals surface area contributed by atoms with Crippen LogP contribution in [-0.4, -0.2) is 41.3 Å². The number of fused-ring (bicyclic) bond motifs is 1. The second kappa shape index (κ2) is 10.9. The zero-order valence-corrected chi connectivity index (χ0v) is 18.1. The molecule has 0 unspecified atom stereocenters. The lowest BCUT2D eigenvalue weighted by Gasteiger charge is -2.28. The zero-order chi connectivity index (χ0) is 21.3. The molecule has 1 aromatic heterocycles. The molecule has 0 saturated heterocycles. The van der Waals surface area contributed by atoms with Crippen LogP contribution in [0.3, 0.4) is 0 Å². The highest BCUT2D eigenvalue weighted by Crippen LogP contribution is 2.24. The van der Waals surface area contributed by atoms with Crippen molar-refractivity contribution in [3.63, 3.8) is 0 Å². The number of rotatable bonds is 3. The quantitative estimate of drug-likeness (QED) is 0.829. The van der Waals surface area contributed by atoms with E-state index in [2.05, 4.69) is 21.3 Å². The molecule has 6 heteroatoms. The van der Waals surface area contributed by atoms with Gasteiger partial charge in [0.2, 0.25) is 11.8 Å². The first-order valence-corrected chi connectivity index (χ1v) is 10.8. The minimum Gasteiger partial charge on any atom is -0.323 e. The molecule has 1 aliphatic heterocycles. The van der Waals surface area contributed by atoms with Gasteiger partial charge in [-0.3, -0.25) is 19.5 Å². The molecule has 2 aromatic rings.